The zero-order valence-corrected chi connectivity index (χ0v) is 14.2. The summed E-state index contributed by atoms with van der Waals surface area (Å²) in [7, 11) is 4.46. The summed E-state index contributed by atoms with van der Waals surface area (Å²) in [5.74, 6) is 0.554. The van der Waals surface area contributed by atoms with Gasteiger partial charge in [-0.25, -0.2) is 4.79 Å². The van der Waals surface area contributed by atoms with Gasteiger partial charge in [-0.1, -0.05) is 18.2 Å². The Morgan fingerprint density at radius 2 is 1.72 bits per heavy atom. The lowest BCUT2D eigenvalue weighted by Crippen LogP contribution is -2.09. The predicted octanol–water partition coefficient (Wildman–Crippen LogP) is 3.20. The predicted molar refractivity (Wildman–Crippen MR) is 89.6 cm³/mol. The molecule has 0 aliphatic carbocycles. The zero-order valence-electron chi connectivity index (χ0n) is 14.2. The van der Waals surface area contributed by atoms with E-state index in [2.05, 4.69) is 0 Å². The van der Waals surface area contributed by atoms with Crippen LogP contribution in [0.5, 0.6) is 17.2 Å². The molecule has 0 radical (unpaired) electrons. The summed E-state index contributed by atoms with van der Waals surface area (Å²) in [6, 6.07) is 10.4. The van der Waals surface area contributed by atoms with Gasteiger partial charge in [-0.3, -0.25) is 4.79 Å². The molecule has 0 saturated carbocycles. The molecule has 0 unspecified atom stereocenters. The van der Waals surface area contributed by atoms with Crippen LogP contribution in [0, 0.1) is 0 Å². The molecule has 1 aliphatic heterocycles. The average molecular weight is 342 g/mol. The Labute approximate surface area is 145 Å². The van der Waals surface area contributed by atoms with Crippen molar-refractivity contribution in [3.05, 3.63) is 53.1 Å². The number of para-hydroxylation sites is 1. The van der Waals surface area contributed by atoms with Crippen molar-refractivity contribution in [3.63, 3.8) is 0 Å². The summed E-state index contributed by atoms with van der Waals surface area (Å²) < 4.78 is 21.1. The maximum atomic E-state index is 12.6. The number of Topliss-reactive ketones (excluding diaryl/α,β-unsaturated/α-hetero) is 1. The second kappa shape index (κ2) is 6.84. The standard InChI is InChI=1S/C19H18O6/c1-22-14-7-5-4-6-11(14)13(20)10-16-12-8-9-15(23-2)18(24-3)17(12)19(21)25-16/h4-9,16H,10H2,1-3H3/t16-/m0/s1. The zero-order chi connectivity index (χ0) is 18.0. The topological polar surface area (TPSA) is 71.1 Å². The molecule has 3 rings (SSSR count). The Morgan fingerprint density at radius 3 is 2.40 bits per heavy atom. The van der Waals surface area contributed by atoms with Crippen LogP contribution in [0.2, 0.25) is 0 Å². The summed E-state index contributed by atoms with van der Waals surface area (Å²) in [5.41, 5.74) is 1.38. The van der Waals surface area contributed by atoms with Crippen LogP contribution >= 0.6 is 0 Å². The lowest BCUT2D eigenvalue weighted by atomic mass is 9.97. The molecule has 0 fully saturated rings. The van der Waals surface area contributed by atoms with Crippen LogP contribution in [0.25, 0.3) is 0 Å². The van der Waals surface area contributed by atoms with Crippen LogP contribution in [-0.2, 0) is 4.74 Å². The number of hydrogen-bond acceptors (Lipinski definition) is 6. The van der Waals surface area contributed by atoms with E-state index in [-0.39, 0.29) is 12.2 Å². The van der Waals surface area contributed by atoms with Crippen molar-refractivity contribution in [2.45, 2.75) is 12.5 Å². The lowest BCUT2D eigenvalue weighted by molar-refractivity contribution is 0.0365. The van der Waals surface area contributed by atoms with Crippen molar-refractivity contribution in [1.29, 1.82) is 0 Å². The molecule has 1 heterocycles. The van der Waals surface area contributed by atoms with Crippen molar-refractivity contribution >= 4 is 11.8 Å². The highest BCUT2D eigenvalue weighted by molar-refractivity contribution is 6.02. The smallest absolute Gasteiger partial charge is 0.343 e. The molecule has 25 heavy (non-hydrogen) atoms. The van der Waals surface area contributed by atoms with Gasteiger partial charge in [0.05, 0.1) is 33.3 Å². The third-order valence-electron chi connectivity index (χ3n) is 4.16. The van der Waals surface area contributed by atoms with E-state index in [1.54, 1.807) is 36.4 Å². The number of carbonyl (C=O) groups excluding carboxylic acids is 2. The molecular formula is C19H18O6. The first kappa shape index (κ1) is 16.8. The van der Waals surface area contributed by atoms with Crippen LogP contribution < -0.4 is 14.2 Å². The van der Waals surface area contributed by atoms with Gasteiger partial charge in [0.25, 0.3) is 0 Å². The van der Waals surface area contributed by atoms with Crippen molar-refractivity contribution in [2.75, 3.05) is 21.3 Å². The molecule has 1 atom stereocenters. The van der Waals surface area contributed by atoms with Crippen molar-refractivity contribution in [1.82, 2.24) is 0 Å². The monoisotopic (exact) mass is 342 g/mol. The number of methoxy groups -OCH3 is 3. The van der Waals surface area contributed by atoms with Crippen LogP contribution in [0.1, 0.15) is 38.8 Å². The summed E-state index contributed by atoms with van der Waals surface area (Å²) in [6.45, 7) is 0. The van der Waals surface area contributed by atoms with E-state index in [4.69, 9.17) is 18.9 Å². The normalized spacial score (nSPS) is 15.3. The number of hydrogen-bond donors (Lipinski definition) is 0. The summed E-state index contributed by atoms with van der Waals surface area (Å²) >= 11 is 0. The minimum Gasteiger partial charge on any atom is -0.496 e. The molecule has 0 aromatic heterocycles. The number of rotatable bonds is 6. The lowest BCUT2D eigenvalue weighted by Gasteiger charge is -2.13. The number of esters is 1. The molecule has 0 amide bonds. The van der Waals surface area contributed by atoms with Gasteiger partial charge in [0.15, 0.2) is 17.3 Å². The molecule has 2 aromatic carbocycles. The van der Waals surface area contributed by atoms with Crippen LogP contribution in [0.4, 0.5) is 0 Å². The quantitative estimate of drug-likeness (QED) is 0.593. The molecule has 2 aromatic rings. The van der Waals surface area contributed by atoms with Gasteiger partial charge < -0.3 is 18.9 Å². The first-order chi connectivity index (χ1) is 12.1. The Balaban J connectivity index is 1.92. The Morgan fingerprint density at radius 1 is 1.00 bits per heavy atom. The number of ether oxygens (including phenoxy) is 4. The Hall–Kier alpha value is -3.02. The Bertz CT molecular complexity index is 827. The molecule has 1 aliphatic rings. The van der Waals surface area contributed by atoms with Crippen LogP contribution in [0.15, 0.2) is 36.4 Å². The van der Waals surface area contributed by atoms with Crippen LogP contribution in [-0.4, -0.2) is 33.1 Å². The molecule has 0 N–H and O–H groups in total. The molecule has 0 bridgehead atoms. The third-order valence-corrected chi connectivity index (χ3v) is 4.16. The minimum atomic E-state index is -0.667. The van der Waals surface area contributed by atoms with Gasteiger partial charge in [-0.15, -0.1) is 0 Å². The molecule has 130 valence electrons. The molecule has 0 saturated heterocycles. The molecule has 6 nitrogen and oxygen atoms in total. The fourth-order valence-corrected chi connectivity index (χ4v) is 2.98. The molecule has 6 heteroatoms. The van der Waals surface area contributed by atoms with E-state index >= 15 is 0 Å². The van der Waals surface area contributed by atoms with E-state index in [1.807, 2.05) is 0 Å². The summed E-state index contributed by atoms with van der Waals surface area (Å²) in [5, 5.41) is 0. The number of carbonyl (C=O) groups is 2. The van der Waals surface area contributed by atoms with Crippen molar-refractivity contribution in [2.24, 2.45) is 0 Å². The fourth-order valence-electron chi connectivity index (χ4n) is 2.98. The van der Waals surface area contributed by atoms with Gasteiger partial charge in [0.1, 0.15) is 17.4 Å². The number of cyclic esters (lactones) is 1. The second-order valence-electron chi connectivity index (χ2n) is 5.49. The first-order valence-electron chi connectivity index (χ1n) is 7.72. The minimum absolute atomic E-state index is 0.0224. The van der Waals surface area contributed by atoms with Crippen LogP contribution in [0.3, 0.4) is 0 Å². The van der Waals surface area contributed by atoms with Gasteiger partial charge in [0.2, 0.25) is 0 Å². The Kier molecular flexibility index (Phi) is 4.61. The van der Waals surface area contributed by atoms with Crippen molar-refractivity contribution < 1.29 is 28.5 Å². The highest BCUT2D eigenvalue weighted by Crippen LogP contribution is 2.43. The number of fused-ring (bicyclic) bond motifs is 1. The summed E-state index contributed by atoms with van der Waals surface area (Å²) in [6.07, 6.45) is -0.645. The third kappa shape index (κ3) is 2.91. The maximum absolute atomic E-state index is 12.6. The first-order valence-corrected chi connectivity index (χ1v) is 7.72. The van der Waals surface area contributed by atoms with E-state index in [0.29, 0.717) is 33.9 Å². The molecule has 0 spiro atoms. The average Bonchev–Trinajstić information content (AvgIpc) is 2.96. The molecular weight excluding hydrogens is 324 g/mol. The SMILES string of the molecule is COc1ccccc1C(=O)C[C@@H]1OC(=O)c2c1ccc(OC)c2OC. The van der Waals surface area contributed by atoms with Gasteiger partial charge in [-0.2, -0.15) is 0 Å². The highest BCUT2D eigenvalue weighted by Gasteiger charge is 2.37. The van der Waals surface area contributed by atoms with E-state index in [0.717, 1.165) is 0 Å². The maximum Gasteiger partial charge on any atom is 0.343 e. The van der Waals surface area contributed by atoms with E-state index < -0.39 is 12.1 Å². The van der Waals surface area contributed by atoms with Crippen molar-refractivity contribution in [3.8, 4) is 17.2 Å². The summed E-state index contributed by atoms with van der Waals surface area (Å²) in [4.78, 5) is 24.9. The largest absolute Gasteiger partial charge is 0.496 e. The highest BCUT2D eigenvalue weighted by atomic mass is 16.6. The van der Waals surface area contributed by atoms with E-state index in [1.165, 1.54) is 21.3 Å². The fraction of sp³-hybridized carbons (Fsp3) is 0.263. The van der Waals surface area contributed by atoms with Gasteiger partial charge >= 0.3 is 5.97 Å². The number of benzene rings is 2. The van der Waals surface area contributed by atoms with Gasteiger partial charge in [0, 0.05) is 5.56 Å². The second-order valence-corrected chi connectivity index (χ2v) is 5.49. The van der Waals surface area contributed by atoms with E-state index in [9.17, 15) is 9.59 Å². The number of ketones is 1. The van der Waals surface area contributed by atoms with Gasteiger partial charge in [-0.05, 0) is 18.2 Å².